The number of aryl methyl sites for hydroxylation is 2. The third kappa shape index (κ3) is 2.77. The first-order valence-corrected chi connectivity index (χ1v) is 7.75. The molecule has 1 unspecified atom stereocenters. The summed E-state index contributed by atoms with van der Waals surface area (Å²) in [7, 11) is 0. The van der Waals surface area contributed by atoms with Gasteiger partial charge in [-0.2, -0.15) is 0 Å². The lowest BCUT2D eigenvalue weighted by Gasteiger charge is -2.14. The number of aliphatic hydroxyl groups is 1. The zero-order valence-corrected chi connectivity index (χ0v) is 12.9. The largest absolute Gasteiger partial charge is 0.387 e. The van der Waals surface area contributed by atoms with Crippen LogP contribution in [0.3, 0.4) is 0 Å². The van der Waals surface area contributed by atoms with Gasteiger partial charge in [0.05, 0.1) is 18.0 Å². The second-order valence-corrected chi connectivity index (χ2v) is 6.36. The Labute approximate surface area is 127 Å². The molecule has 0 saturated heterocycles. The van der Waals surface area contributed by atoms with E-state index in [4.69, 9.17) is 0 Å². The molecule has 0 amide bonds. The Morgan fingerprint density at radius 1 is 1.19 bits per heavy atom. The molecular formula is C17H17NO2S. The summed E-state index contributed by atoms with van der Waals surface area (Å²) in [5, 5.41) is 13.0. The van der Waals surface area contributed by atoms with Gasteiger partial charge in [-0.1, -0.05) is 29.3 Å². The number of benzene rings is 1. The van der Waals surface area contributed by atoms with E-state index in [1.54, 1.807) is 22.1 Å². The SMILES string of the molecule is Cc1cc(C)cc(C(O)Cn2ccc3sccc3c2=O)c1. The van der Waals surface area contributed by atoms with Crippen LogP contribution in [0.4, 0.5) is 0 Å². The predicted octanol–water partition coefficient (Wildman–Crippen LogP) is 3.41. The van der Waals surface area contributed by atoms with Gasteiger partial charge in [0, 0.05) is 10.9 Å². The van der Waals surface area contributed by atoms with E-state index in [1.807, 2.05) is 43.5 Å². The van der Waals surface area contributed by atoms with Crippen LogP contribution in [-0.2, 0) is 6.54 Å². The third-order valence-corrected chi connectivity index (χ3v) is 4.47. The van der Waals surface area contributed by atoms with Gasteiger partial charge in [0.15, 0.2) is 0 Å². The van der Waals surface area contributed by atoms with Crippen molar-refractivity contribution in [1.82, 2.24) is 4.57 Å². The molecule has 0 aliphatic heterocycles. The molecule has 0 aliphatic carbocycles. The highest BCUT2D eigenvalue weighted by Crippen LogP contribution is 2.20. The first kappa shape index (κ1) is 14.0. The molecule has 0 saturated carbocycles. The van der Waals surface area contributed by atoms with Gasteiger partial charge in [-0.3, -0.25) is 4.79 Å². The lowest BCUT2D eigenvalue weighted by Crippen LogP contribution is -2.22. The minimum atomic E-state index is -0.683. The minimum absolute atomic E-state index is 0.0443. The van der Waals surface area contributed by atoms with Gasteiger partial charge in [0.25, 0.3) is 5.56 Å². The van der Waals surface area contributed by atoms with Gasteiger partial charge in [-0.15, -0.1) is 11.3 Å². The molecule has 108 valence electrons. The van der Waals surface area contributed by atoms with Crippen LogP contribution < -0.4 is 5.56 Å². The number of pyridine rings is 1. The average Bonchev–Trinajstić information content (AvgIpc) is 2.90. The molecule has 2 heterocycles. The fourth-order valence-corrected chi connectivity index (χ4v) is 3.42. The second-order valence-electron chi connectivity index (χ2n) is 5.41. The van der Waals surface area contributed by atoms with Crippen molar-refractivity contribution in [2.24, 2.45) is 0 Å². The van der Waals surface area contributed by atoms with Crippen molar-refractivity contribution in [3.63, 3.8) is 0 Å². The van der Waals surface area contributed by atoms with Crippen LogP contribution in [0.15, 0.2) is 46.7 Å². The summed E-state index contributed by atoms with van der Waals surface area (Å²) in [6.07, 6.45) is 1.07. The smallest absolute Gasteiger partial charge is 0.259 e. The lowest BCUT2D eigenvalue weighted by molar-refractivity contribution is 0.155. The van der Waals surface area contributed by atoms with Crippen molar-refractivity contribution >= 4 is 21.4 Å². The molecule has 21 heavy (non-hydrogen) atoms. The number of fused-ring (bicyclic) bond motifs is 1. The van der Waals surface area contributed by atoms with Gasteiger partial charge >= 0.3 is 0 Å². The summed E-state index contributed by atoms with van der Waals surface area (Å²) in [6.45, 7) is 4.28. The molecule has 3 nitrogen and oxygen atoms in total. The van der Waals surface area contributed by atoms with Crippen LogP contribution in [0, 0.1) is 13.8 Å². The van der Waals surface area contributed by atoms with E-state index in [0.29, 0.717) is 0 Å². The van der Waals surface area contributed by atoms with Crippen molar-refractivity contribution in [2.45, 2.75) is 26.5 Å². The lowest BCUT2D eigenvalue weighted by atomic mass is 10.0. The van der Waals surface area contributed by atoms with E-state index < -0.39 is 6.10 Å². The van der Waals surface area contributed by atoms with Crippen molar-refractivity contribution in [3.8, 4) is 0 Å². The van der Waals surface area contributed by atoms with E-state index in [-0.39, 0.29) is 12.1 Å². The van der Waals surface area contributed by atoms with Crippen molar-refractivity contribution in [2.75, 3.05) is 0 Å². The number of aliphatic hydroxyl groups excluding tert-OH is 1. The summed E-state index contributed by atoms with van der Waals surface area (Å²) >= 11 is 1.55. The number of hydrogen-bond donors (Lipinski definition) is 1. The summed E-state index contributed by atoms with van der Waals surface area (Å²) in [6, 6.07) is 9.76. The number of hydrogen-bond acceptors (Lipinski definition) is 3. The number of thiophene rings is 1. The van der Waals surface area contributed by atoms with Crippen LogP contribution >= 0.6 is 11.3 Å². The van der Waals surface area contributed by atoms with E-state index >= 15 is 0 Å². The first-order chi connectivity index (χ1) is 10.0. The minimum Gasteiger partial charge on any atom is -0.387 e. The zero-order chi connectivity index (χ0) is 15.0. The molecule has 0 aliphatic rings. The predicted molar refractivity (Wildman–Crippen MR) is 87.0 cm³/mol. The Morgan fingerprint density at radius 2 is 1.90 bits per heavy atom. The second kappa shape index (κ2) is 5.47. The maximum Gasteiger partial charge on any atom is 0.259 e. The zero-order valence-electron chi connectivity index (χ0n) is 12.0. The topological polar surface area (TPSA) is 42.2 Å². The molecule has 3 rings (SSSR count). The number of nitrogens with zero attached hydrogens (tertiary/aromatic N) is 1. The van der Waals surface area contributed by atoms with Crippen LogP contribution in [0.2, 0.25) is 0 Å². The molecule has 2 aromatic heterocycles. The molecule has 4 heteroatoms. The Balaban J connectivity index is 1.94. The van der Waals surface area contributed by atoms with Gasteiger partial charge in [0.2, 0.25) is 0 Å². The third-order valence-electron chi connectivity index (χ3n) is 3.59. The molecule has 0 radical (unpaired) electrons. The molecule has 0 bridgehead atoms. The van der Waals surface area contributed by atoms with Crippen LogP contribution in [0.25, 0.3) is 10.1 Å². The Morgan fingerprint density at radius 3 is 2.62 bits per heavy atom. The van der Waals surface area contributed by atoms with E-state index in [2.05, 4.69) is 6.07 Å². The van der Waals surface area contributed by atoms with Crippen LogP contribution in [0.1, 0.15) is 22.8 Å². The fraction of sp³-hybridized carbons (Fsp3) is 0.235. The molecule has 0 fully saturated rings. The number of rotatable bonds is 3. The quantitative estimate of drug-likeness (QED) is 0.805. The van der Waals surface area contributed by atoms with Crippen molar-refractivity contribution in [1.29, 1.82) is 0 Å². The maximum absolute atomic E-state index is 12.3. The molecule has 1 N–H and O–H groups in total. The molecule has 1 atom stereocenters. The Bertz CT molecular complexity index is 827. The van der Waals surface area contributed by atoms with Gasteiger partial charge in [0.1, 0.15) is 0 Å². The maximum atomic E-state index is 12.3. The molecule has 3 aromatic rings. The summed E-state index contributed by atoms with van der Waals surface area (Å²) in [5.74, 6) is 0. The fourth-order valence-electron chi connectivity index (χ4n) is 2.64. The molecular weight excluding hydrogens is 282 g/mol. The van der Waals surface area contributed by atoms with Crippen molar-refractivity contribution < 1.29 is 5.11 Å². The van der Waals surface area contributed by atoms with Gasteiger partial charge in [-0.05, 0) is 36.9 Å². The number of aromatic nitrogens is 1. The van der Waals surface area contributed by atoms with Gasteiger partial charge in [-0.25, -0.2) is 0 Å². The highest BCUT2D eigenvalue weighted by Gasteiger charge is 2.12. The van der Waals surface area contributed by atoms with Crippen molar-refractivity contribution in [3.05, 3.63) is 69.0 Å². The Kier molecular flexibility index (Phi) is 3.66. The van der Waals surface area contributed by atoms with E-state index in [1.165, 1.54) is 0 Å². The Hall–Kier alpha value is -1.91. The van der Waals surface area contributed by atoms with Crippen LogP contribution in [-0.4, -0.2) is 9.67 Å². The molecule has 0 spiro atoms. The van der Waals surface area contributed by atoms with E-state index in [0.717, 1.165) is 26.8 Å². The summed E-state index contributed by atoms with van der Waals surface area (Å²) in [5.41, 5.74) is 3.04. The first-order valence-electron chi connectivity index (χ1n) is 6.87. The summed E-state index contributed by atoms with van der Waals surface area (Å²) in [4.78, 5) is 12.3. The standard InChI is InChI=1S/C17H17NO2S/c1-11-7-12(2)9-13(8-11)15(19)10-18-5-3-16-14(17(18)20)4-6-21-16/h3-9,15,19H,10H2,1-2H3. The summed E-state index contributed by atoms with van der Waals surface area (Å²) < 4.78 is 2.56. The van der Waals surface area contributed by atoms with Gasteiger partial charge < -0.3 is 9.67 Å². The normalized spacial score (nSPS) is 12.7. The monoisotopic (exact) mass is 299 g/mol. The highest BCUT2D eigenvalue weighted by molar-refractivity contribution is 7.17. The highest BCUT2D eigenvalue weighted by atomic mass is 32.1. The van der Waals surface area contributed by atoms with E-state index in [9.17, 15) is 9.90 Å². The van der Waals surface area contributed by atoms with Crippen LogP contribution in [0.5, 0.6) is 0 Å². The average molecular weight is 299 g/mol. The molecule has 1 aromatic carbocycles.